The Morgan fingerprint density at radius 3 is 2.83 bits per heavy atom. The van der Waals surface area contributed by atoms with Gasteiger partial charge in [-0.2, -0.15) is 0 Å². The summed E-state index contributed by atoms with van der Waals surface area (Å²) in [5, 5.41) is 9.53. The average Bonchev–Trinajstić information content (AvgIpc) is 2.75. The van der Waals surface area contributed by atoms with Crippen LogP contribution in [0.3, 0.4) is 0 Å². The van der Waals surface area contributed by atoms with E-state index < -0.39 is 0 Å². The van der Waals surface area contributed by atoms with Crippen molar-refractivity contribution in [3.05, 3.63) is 22.7 Å². The Hall–Kier alpha value is -1.75. The summed E-state index contributed by atoms with van der Waals surface area (Å²) < 4.78 is 0. The first-order chi connectivity index (χ1) is 8.56. The summed E-state index contributed by atoms with van der Waals surface area (Å²) in [5.74, 6) is 0.611. The average molecular weight is 267 g/mol. The predicted molar refractivity (Wildman–Crippen MR) is 74.4 cm³/mol. The zero-order chi connectivity index (χ0) is 13.1. The number of hydrogen-bond donors (Lipinski definition) is 3. The Labute approximate surface area is 111 Å². The fourth-order valence-electron chi connectivity index (χ4n) is 1.78. The highest BCUT2D eigenvalue weighted by Crippen LogP contribution is 2.29. The molecule has 6 heteroatoms. The number of rotatable bonds is 2. The molecule has 0 saturated carbocycles. The van der Waals surface area contributed by atoms with Gasteiger partial charge in [0.25, 0.3) is 0 Å². The van der Waals surface area contributed by atoms with Gasteiger partial charge in [0.2, 0.25) is 5.91 Å². The molecule has 0 atom stereocenters. The lowest BCUT2D eigenvalue weighted by atomic mass is 10.1. The quantitative estimate of drug-likeness (QED) is 0.767. The molecule has 2 rings (SSSR count). The number of anilines is 2. The molecule has 0 fully saturated rings. The number of benzene rings is 1. The molecule has 0 saturated heterocycles. The molecule has 1 aromatic carbocycles. The van der Waals surface area contributed by atoms with Gasteiger partial charge in [0, 0.05) is 19.2 Å². The van der Waals surface area contributed by atoms with Gasteiger partial charge in [0.15, 0.2) is 5.96 Å². The van der Waals surface area contributed by atoms with Crippen molar-refractivity contribution in [1.29, 1.82) is 0 Å². The molecule has 1 aliphatic rings. The van der Waals surface area contributed by atoms with Gasteiger partial charge in [-0.3, -0.25) is 9.79 Å². The van der Waals surface area contributed by atoms with E-state index in [2.05, 4.69) is 20.9 Å². The summed E-state index contributed by atoms with van der Waals surface area (Å²) in [6.07, 6.45) is 0. The van der Waals surface area contributed by atoms with E-state index in [0.29, 0.717) is 10.7 Å². The van der Waals surface area contributed by atoms with Crippen molar-refractivity contribution in [3.63, 3.8) is 0 Å². The fourth-order valence-corrected chi connectivity index (χ4v) is 2.09. The second-order valence-corrected chi connectivity index (χ2v) is 4.52. The summed E-state index contributed by atoms with van der Waals surface area (Å²) in [6.45, 7) is 4.99. The molecule has 0 spiro atoms. The molecule has 0 unspecified atom stereocenters. The third-order valence-electron chi connectivity index (χ3n) is 2.53. The SMILES string of the molecule is CC(=O)Nc1cc(C)c(NC2=NCCN2)c(Cl)c1. The molecule has 3 N–H and O–H groups in total. The van der Waals surface area contributed by atoms with Crippen LogP contribution in [0.2, 0.25) is 5.02 Å². The van der Waals surface area contributed by atoms with E-state index in [1.165, 1.54) is 6.92 Å². The number of halogens is 1. The minimum atomic E-state index is -0.118. The first-order valence-corrected chi connectivity index (χ1v) is 6.07. The van der Waals surface area contributed by atoms with E-state index in [1.807, 2.05) is 13.0 Å². The number of hydrogen-bond acceptors (Lipinski definition) is 4. The van der Waals surface area contributed by atoms with Crippen molar-refractivity contribution in [2.45, 2.75) is 13.8 Å². The van der Waals surface area contributed by atoms with E-state index in [-0.39, 0.29) is 5.91 Å². The Morgan fingerprint density at radius 2 is 2.28 bits per heavy atom. The molecule has 0 radical (unpaired) electrons. The Kier molecular flexibility index (Phi) is 3.72. The van der Waals surface area contributed by atoms with Crippen molar-refractivity contribution < 1.29 is 4.79 Å². The van der Waals surface area contributed by atoms with Crippen LogP contribution in [0, 0.1) is 6.92 Å². The van der Waals surface area contributed by atoms with E-state index in [0.717, 1.165) is 30.3 Å². The maximum Gasteiger partial charge on any atom is 0.221 e. The highest BCUT2D eigenvalue weighted by atomic mass is 35.5. The van der Waals surface area contributed by atoms with Crippen molar-refractivity contribution in [1.82, 2.24) is 5.32 Å². The summed E-state index contributed by atoms with van der Waals surface area (Å²) >= 11 is 6.20. The maximum absolute atomic E-state index is 11.0. The minimum Gasteiger partial charge on any atom is -0.354 e. The van der Waals surface area contributed by atoms with E-state index in [9.17, 15) is 4.79 Å². The highest BCUT2D eigenvalue weighted by molar-refractivity contribution is 6.34. The van der Waals surface area contributed by atoms with Crippen LogP contribution in [0.5, 0.6) is 0 Å². The van der Waals surface area contributed by atoms with Crippen molar-refractivity contribution in [3.8, 4) is 0 Å². The van der Waals surface area contributed by atoms with Crippen LogP contribution in [0.4, 0.5) is 11.4 Å². The fraction of sp³-hybridized carbons (Fsp3) is 0.333. The predicted octanol–water partition coefficient (Wildman–Crippen LogP) is 1.98. The first-order valence-electron chi connectivity index (χ1n) is 5.69. The molecule has 0 aromatic heterocycles. The van der Waals surface area contributed by atoms with Crippen LogP contribution in [-0.2, 0) is 4.79 Å². The number of carbonyl (C=O) groups is 1. The van der Waals surface area contributed by atoms with Crippen LogP contribution >= 0.6 is 11.6 Å². The molecule has 96 valence electrons. The third kappa shape index (κ3) is 2.92. The number of nitrogens with zero attached hydrogens (tertiary/aromatic N) is 1. The molecule has 1 aliphatic heterocycles. The van der Waals surface area contributed by atoms with Crippen molar-refractivity contribution in [2.75, 3.05) is 23.7 Å². The largest absolute Gasteiger partial charge is 0.354 e. The van der Waals surface area contributed by atoms with Gasteiger partial charge in [0.05, 0.1) is 17.3 Å². The maximum atomic E-state index is 11.0. The minimum absolute atomic E-state index is 0.118. The number of amides is 1. The second-order valence-electron chi connectivity index (χ2n) is 4.11. The lowest BCUT2D eigenvalue weighted by Crippen LogP contribution is -2.26. The zero-order valence-corrected chi connectivity index (χ0v) is 11.1. The lowest BCUT2D eigenvalue weighted by Gasteiger charge is -2.13. The van der Waals surface area contributed by atoms with Crippen LogP contribution in [0.25, 0.3) is 0 Å². The molecule has 1 amide bonds. The second kappa shape index (κ2) is 5.27. The molecule has 1 heterocycles. The van der Waals surface area contributed by atoms with E-state index >= 15 is 0 Å². The van der Waals surface area contributed by atoms with Gasteiger partial charge >= 0.3 is 0 Å². The van der Waals surface area contributed by atoms with E-state index in [1.54, 1.807) is 6.07 Å². The Bertz CT molecular complexity index is 490. The van der Waals surface area contributed by atoms with Crippen LogP contribution < -0.4 is 16.0 Å². The van der Waals surface area contributed by atoms with Gasteiger partial charge in [-0.15, -0.1) is 0 Å². The first kappa shape index (κ1) is 12.7. The van der Waals surface area contributed by atoms with Gasteiger partial charge in [0.1, 0.15) is 0 Å². The molecule has 1 aromatic rings. The summed E-state index contributed by atoms with van der Waals surface area (Å²) in [5.41, 5.74) is 2.44. The van der Waals surface area contributed by atoms with Crippen molar-refractivity contribution in [2.24, 2.45) is 4.99 Å². The van der Waals surface area contributed by atoms with Crippen LogP contribution in [0.15, 0.2) is 17.1 Å². The number of carbonyl (C=O) groups excluding carboxylic acids is 1. The zero-order valence-electron chi connectivity index (χ0n) is 10.3. The van der Waals surface area contributed by atoms with Crippen LogP contribution in [0.1, 0.15) is 12.5 Å². The smallest absolute Gasteiger partial charge is 0.221 e. The monoisotopic (exact) mass is 266 g/mol. The van der Waals surface area contributed by atoms with Gasteiger partial charge in [-0.1, -0.05) is 11.6 Å². The molecular formula is C12H15ClN4O. The molecule has 0 bridgehead atoms. The van der Waals surface area contributed by atoms with Gasteiger partial charge < -0.3 is 16.0 Å². The van der Waals surface area contributed by atoms with Gasteiger partial charge in [-0.05, 0) is 24.6 Å². The number of aryl methyl sites for hydroxylation is 1. The summed E-state index contributed by atoms with van der Waals surface area (Å²) in [6, 6.07) is 3.58. The number of aliphatic imine (C=N–C) groups is 1. The lowest BCUT2D eigenvalue weighted by molar-refractivity contribution is -0.114. The highest BCUT2D eigenvalue weighted by Gasteiger charge is 2.11. The molecule has 0 aliphatic carbocycles. The normalized spacial score (nSPS) is 13.8. The Balaban J connectivity index is 2.23. The topological polar surface area (TPSA) is 65.5 Å². The molecule has 5 nitrogen and oxygen atoms in total. The summed E-state index contributed by atoms with van der Waals surface area (Å²) in [4.78, 5) is 15.3. The Morgan fingerprint density at radius 1 is 1.50 bits per heavy atom. The van der Waals surface area contributed by atoms with Crippen LogP contribution in [-0.4, -0.2) is 25.0 Å². The van der Waals surface area contributed by atoms with Gasteiger partial charge in [-0.25, -0.2) is 0 Å². The third-order valence-corrected chi connectivity index (χ3v) is 2.82. The molecule has 18 heavy (non-hydrogen) atoms. The number of nitrogens with one attached hydrogen (secondary N) is 3. The molecular weight excluding hydrogens is 252 g/mol. The van der Waals surface area contributed by atoms with E-state index in [4.69, 9.17) is 11.6 Å². The standard InChI is InChI=1S/C12H15ClN4O/c1-7-5-9(16-8(2)18)6-10(13)11(7)17-12-14-3-4-15-12/h5-6H,3-4H2,1-2H3,(H,16,18)(H2,14,15,17). The summed E-state index contributed by atoms with van der Waals surface area (Å²) in [7, 11) is 0. The van der Waals surface area contributed by atoms with Crippen molar-refractivity contribution >= 4 is 34.8 Å². The number of guanidine groups is 1.